The summed E-state index contributed by atoms with van der Waals surface area (Å²) in [6, 6.07) is 0. The van der Waals surface area contributed by atoms with Gasteiger partial charge >= 0.3 is 0 Å². The summed E-state index contributed by atoms with van der Waals surface area (Å²) in [5.41, 5.74) is -1.19. The van der Waals surface area contributed by atoms with Crippen LogP contribution in [-0.2, 0) is 0 Å². The molecule has 0 aromatic rings. The highest BCUT2D eigenvalue weighted by atomic mass is 32.1. The number of nitrogens with zero attached hydrogens (tertiary/aromatic N) is 4. The van der Waals surface area contributed by atoms with Gasteiger partial charge in [0.15, 0.2) is 21.6 Å². The summed E-state index contributed by atoms with van der Waals surface area (Å²) in [4.78, 5) is 0. The van der Waals surface area contributed by atoms with Gasteiger partial charge in [0.25, 0.3) is 0 Å². The SMILES string of the molecule is CC(C)(C)/N=N/C1(NC(=S)NCCNC(=S)NC2(/N=N/C(C)(C)C)CCCCC2)CCCCC1. The normalized spacial score (nSPS) is 20.8. The second-order valence-electron chi connectivity index (χ2n) is 11.7. The largest absolute Gasteiger partial charge is 0.361 e. The summed E-state index contributed by atoms with van der Waals surface area (Å²) in [6.45, 7) is 13.7. The van der Waals surface area contributed by atoms with Gasteiger partial charge < -0.3 is 21.3 Å². The summed E-state index contributed by atoms with van der Waals surface area (Å²) in [6.07, 6.45) is 10.8. The van der Waals surface area contributed by atoms with Gasteiger partial charge in [-0.2, -0.15) is 20.5 Å². The smallest absolute Gasteiger partial charge is 0.168 e. The number of thiocarbonyl (C=S) groups is 2. The van der Waals surface area contributed by atoms with Crippen LogP contribution < -0.4 is 21.3 Å². The van der Waals surface area contributed by atoms with Gasteiger partial charge in [-0.25, -0.2) is 0 Å². The molecule has 2 saturated carbocycles. The third-order valence-corrected chi connectivity index (χ3v) is 6.33. The van der Waals surface area contributed by atoms with Crippen molar-refractivity contribution < 1.29 is 0 Å². The van der Waals surface area contributed by atoms with Gasteiger partial charge in [-0.05, 0) is 117 Å². The Morgan fingerprint density at radius 2 is 0.941 bits per heavy atom. The van der Waals surface area contributed by atoms with Crippen molar-refractivity contribution in [1.29, 1.82) is 0 Å². The van der Waals surface area contributed by atoms with Crippen molar-refractivity contribution >= 4 is 34.7 Å². The Balaban J connectivity index is 1.82. The Morgan fingerprint density at radius 1 is 0.618 bits per heavy atom. The molecule has 0 amide bonds. The van der Waals surface area contributed by atoms with E-state index in [0.29, 0.717) is 23.3 Å². The van der Waals surface area contributed by atoms with Crippen molar-refractivity contribution in [2.75, 3.05) is 13.1 Å². The molecule has 8 nitrogen and oxygen atoms in total. The highest BCUT2D eigenvalue weighted by molar-refractivity contribution is 7.80. The van der Waals surface area contributed by atoms with Gasteiger partial charge in [0.1, 0.15) is 0 Å². The highest BCUT2D eigenvalue weighted by Gasteiger charge is 2.34. The van der Waals surface area contributed by atoms with Crippen LogP contribution in [0.3, 0.4) is 0 Å². The Labute approximate surface area is 217 Å². The van der Waals surface area contributed by atoms with Crippen LogP contribution in [0.2, 0.25) is 0 Å². The lowest BCUT2D eigenvalue weighted by Crippen LogP contribution is -2.54. The first-order valence-corrected chi connectivity index (χ1v) is 13.6. The zero-order valence-corrected chi connectivity index (χ0v) is 23.7. The quantitative estimate of drug-likeness (QED) is 0.198. The molecule has 0 atom stereocenters. The molecule has 10 heteroatoms. The van der Waals surface area contributed by atoms with E-state index in [1.807, 2.05) is 0 Å². The Kier molecular flexibility index (Phi) is 10.6. The van der Waals surface area contributed by atoms with Crippen LogP contribution in [0, 0.1) is 0 Å². The van der Waals surface area contributed by atoms with Crippen molar-refractivity contribution in [2.45, 2.75) is 128 Å². The van der Waals surface area contributed by atoms with Crippen LogP contribution in [0.1, 0.15) is 106 Å². The van der Waals surface area contributed by atoms with Gasteiger partial charge in [0.2, 0.25) is 0 Å². The molecule has 0 aliphatic heterocycles. The minimum Gasteiger partial charge on any atom is -0.361 e. The maximum Gasteiger partial charge on any atom is 0.168 e. The Hall–Kier alpha value is -1.42. The number of azo groups is 2. The molecule has 0 aromatic heterocycles. The standard InChI is InChI=1S/C24H46N8S2/c1-21(2,3)29-31-23(13-9-7-10-14-23)27-19(33)25-17-18-26-20(34)28-24(15-11-8-12-16-24)32-30-22(4,5)6/h7-18H2,1-6H3,(H2,25,27,33)(H2,26,28,34)/b31-29+,32-30+. The molecule has 0 radical (unpaired) electrons. The minimum atomic E-state index is -0.397. The van der Waals surface area contributed by atoms with Crippen molar-refractivity contribution in [3.05, 3.63) is 0 Å². The maximum absolute atomic E-state index is 5.58. The molecule has 0 unspecified atom stereocenters. The van der Waals surface area contributed by atoms with E-state index in [2.05, 4.69) is 73.0 Å². The van der Waals surface area contributed by atoms with Crippen molar-refractivity contribution in [3.8, 4) is 0 Å². The van der Waals surface area contributed by atoms with E-state index in [4.69, 9.17) is 34.7 Å². The van der Waals surface area contributed by atoms with Crippen LogP contribution >= 0.6 is 24.4 Å². The maximum atomic E-state index is 5.58. The molecule has 0 heterocycles. The molecule has 34 heavy (non-hydrogen) atoms. The summed E-state index contributed by atoms with van der Waals surface area (Å²) in [5, 5.41) is 33.2. The number of rotatable bonds is 7. The Morgan fingerprint density at radius 3 is 1.24 bits per heavy atom. The highest BCUT2D eigenvalue weighted by Crippen LogP contribution is 2.31. The van der Waals surface area contributed by atoms with Crippen LogP contribution in [0.4, 0.5) is 0 Å². The van der Waals surface area contributed by atoms with Gasteiger partial charge in [-0.3, -0.25) is 0 Å². The molecule has 2 rings (SSSR count). The van der Waals surface area contributed by atoms with Crippen molar-refractivity contribution in [1.82, 2.24) is 21.3 Å². The first-order valence-electron chi connectivity index (χ1n) is 12.8. The van der Waals surface area contributed by atoms with E-state index in [1.54, 1.807) is 0 Å². The fraction of sp³-hybridized carbons (Fsp3) is 0.917. The molecule has 194 valence electrons. The molecule has 2 aliphatic carbocycles. The molecule has 4 N–H and O–H groups in total. The topological polar surface area (TPSA) is 97.6 Å². The zero-order valence-electron chi connectivity index (χ0n) is 22.1. The molecule has 0 saturated heterocycles. The van der Waals surface area contributed by atoms with Gasteiger partial charge in [0.05, 0.1) is 11.1 Å². The van der Waals surface area contributed by atoms with Crippen LogP contribution in [0.15, 0.2) is 20.5 Å². The van der Waals surface area contributed by atoms with E-state index in [9.17, 15) is 0 Å². The minimum absolute atomic E-state index is 0.198. The van der Waals surface area contributed by atoms with Gasteiger partial charge in [0, 0.05) is 13.1 Å². The predicted octanol–water partition coefficient (Wildman–Crippen LogP) is 5.74. The predicted molar refractivity (Wildman–Crippen MR) is 148 cm³/mol. The second kappa shape index (κ2) is 12.5. The van der Waals surface area contributed by atoms with Gasteiger partial charge in [-0.15, -0.1) is 0 Å². The lowest BCUT2D eigenvalue weighted by Gasteiger charge is -2.35. The molecule has 2 aliphatic rings. The third kappa shape index (κ3) is 10.9. The van der Waals surface area contributed by atoms with E-state index < -0.39 is 11.3 Å². The number of nitrogens with one attached hydrogen (secondary N) is 4. The zero-order chi connectivity index (χ0) is 25.3. The number of hydrogen-bond acceptors (Lipinski definition) is 6. The van der Waals surface area contributed by atoms with Crippen molar-refractivity contribution in [2.24, 2.45) is 20.5 Å². The monoisotopic (exact) mass is 510 g/mol. The van der Waals surface area contributed by atoms with Crippen LogP contribution in [-0.4, -0.2) is 45.7 Å². The van der Waals surface area contributed by atoms with Crippen LogP contribution in [0.25, 0.3) is 0 Å². The second-order valence-corrected chi connectivity index (χ2v) is 12.5. The van der Waals surface area contributed by atoms with E-state index in [1.165, 1.54) is 12.8 Å². The number of hydrogen-bond donors (Lipinski definition) is 4. The fourth-order valence-corrected chi connectivity index (χ4v) is 4.71. The average molecular weight is 511 g/mol. The average Bonchev–Trinajstić information content (AvgIpc) is 2.75. The summed E-state index contributed by atoms with van der Waals surface area (Å²) in [5.74, 6) is 0. The molecular formula is C24H46N8S2. The summed E-state index contributed by atoms with van der Waals surface area (Å²) in [7, 11) is 0. The summed E-state index contributed by atoms with van der Waals surface area (Å²) >= 11 is 11.2. The lowest BCUT2D eigenvalue weighted by atomic mass is 9.89. The first-order chi connectivity index (χ1) is 15.8. The van der Waals surface area contributed by atoms with Crippen molar-refractivity contribution in [3.63, 3.8) is 0 Å². The van der Waals surface area contributed by atoms with E-state index in [0.717, 1.165) is 51.4 Å². The molecule has 0 bridgehead atoms. The molecular weight excluding hydrogens is 464 g/mol. The van der Waals surface area contributed by atoms with Gasteiger partial charge in [-0.1, -0.05) is 12.8 Å². The van der Waals surface area contributed by atoms with E-state index >= 15 is 0 Å². The third-order valence-electron chi connectivity index (χ3n) is 5.83. The first kappa shape index (κ1) is 28.8. The molecule has 0 spiro atoms. The fourth-order valence-electron chi connectivity index (χ4n) is 4.13. The van der Waals surface area contributed by atoms with E-state index in [-0.39, 0.29) is 11.1 Å². The Bertz CT molecular complexity index is 662. The summed E-state index contributed by atoms with van der Waals surface area (Å²) < 4.78 is 0. The lowest BCUT2D eigenvalue weighted by molar-refractivity contribution is 0.254. The van der Waals surface area contributed by atoms with Crippen LogP contribution in [0.5, 0.6) is 0 Å². The molecule has 0 aromatic carbocycles. The molecule has 2 fully saturated rings.